The number of carbonyl (C=O) groups is 1. The minimum absolute atomic E-state index is 0.253. The van der Waals surface area contributed by atoms with E-state index in [0.717, 1.165) is 0 Å². The van der Waals surface area contributed by atoms with Crippen LogP contribution in [0.1, 0.15) is 23.8 Å². The Hall–Kier alpha value is -0.710. The molecule has 0 spiro atoms. The molecule has 16 heavy (non-hydrogen) atoms. The van der Waals surface area contributed by atoms with E-state index in [4.69, 9.17) is 28.3 Å². The first-order chi connectivity index (χ1) is 7.43. The van der Waals surface area contributed by atoms with Gasteiger partial charge in [-0.1, -0.05) is 23.2 Å². The summed E-state index contributed by atoms with van der Waals surface area (Å²) in [7, 11) is 1.66. The molecule has 0 radical (unpaired) electrons. The van der Waals surface area contributed by atoms with Gasteiger partial charge in [0.15, 0.2) is 0 Å². The molecule has 1 aromatic rings. The van der Waals surface area contributed by atoms with Gasteiger partial charge < -0.3 is 15.0 Å². The molecule has 0 aliphatic heterocycles. The van der Waals surface area contributed by atoms with Crippen LogP contribution in [0.2, 0.25) is 10.2 Å². The minimum atomic E-state index is -0.430. The molecule has 1 rings (SSSR count). The summed E-state index contributed by atoms with van der Waals surface area (Å²) in [6.45, 7) is 2.08. The second kappa shape index (κ2) is 5.57. The average molecular weight is 265 g/mol. The predicted molar refractivity (Wildman–Crippen MR) is 64.1 cm³/mol. The molecule has 0 saturated heterocycles. The second-order valence-corrected chi connectivity index (χ2v) is 4.39. The zero-order valence-electron chi connectivity index (χ0n) is 9.13. The van der Waals surface area contributed by atoms with Crippen molar-refractivity contribution >= 4 is 29.1 Å². The van der Waals surface area contributed by atoms with E-state index in [0.29, 0.717) is 28.8 Å². The van der Waals surface area contributed by atoms with Gasteiger partial charge in [0.05, 0.1) is 11.1 Å². The quantitative estimate of drug-likeness (QED) is 0.872. The molecule has 0 aliphatic rings. The third kappa shape index (κ3) is 3.14. The molecular formula is C10H14Cl2N2O2. The number of rotatable bonds is 4. The van der Waals surface area contributed by atoms with Crippen molar-refractivity contribution < 1.29 is 9.90 Å². The molecule has 0 aromatic carbocycles. The first-order valence-electron chi connectivity index (χ1n) is 4.90. The molecule has 1 aromatic heterocycles. The highest BCUT2D eigenvalue weighted by Crippen LogP contribution is 2.24. The van der Waals surface area contributed by atoms with E-state index >= 15 is 0 Å². The van der Waals surface area contributed by atoms with Crippen LogP contribution in [0.25, 0.3) is 0 Å². The number of hydrogen-bond donors (Lipinski definition) is 2. The van der Waals surface area contributed by atoms with Crippen molar-refractivity contribution in [3.8, 4) is 0 Å². The van der Waals surface area contributed by atoms with Crippen LogP contribution < -0.4 is 5.32 Å². The van der Waals surface area contributed by atoms with Crippen LogP contribution in [0.15, 0.2) is 6.07 Å². The summed E-state index contributed by atoms with van der Waals surface area (Å²) in [6, 6.07) is 1.52. The van der Waals surface area contributed by atoms with Crippen molar-refractivity contribution in [2.75, 3.05) is 6.54 Å². The first kappa shape index (κ1) is 13.4. The Bertz CT molecular complexity index is 388. The molecule has 90 valence electrons. The lowest BCUT2D eigenvalue weighted by Crippen LogP contribution is -2.28. The largest absolute Gasteiger partial charge is 0.393 e. The maximum Gasteiger partial charge on any atom is 0.267 e. The number of aromatic nitrogens is 1. The normalized spacial score (nSPS) is 12.6. The monoisotopic (exact) mass is 264 g/mol. The van der Waals surface area contributed by atoms with Crippen molar-refractivity contribution in [3.05, 3.63) is 21.9 Å². The van der Waals surface area contributed by atoms with E-state index < -0.39 is 6.10 Å². The van der Waals surface area contributed by atoms with Gasteiger partial charge >= 0.3 is 0 Å². The smallest absolute Gasteiger partial charge is 0.267 e. The van der Waals surface area contributed by atoms with Gasteiger partial charge in [-0.15, -0.1) is 0 Å². The van der Waals surface area contributed by atoms with Crippen molar-refractivity contribution in [1.82, 2.24) is 9.88 Å². The van der Waals surface area contributed by atoms with Gasteiger partial charge in [-0.25, -0.2) is 0 Å². The lowest BCUT2D eigenvalue weighted by atomic mass is 10.3. The lowest BCUT2D eigenvalue weighted by Gasteiger charge is -2.07. The van der Waals surface area contributed by atoms with Gasteiger partial charge in [-0.2, -0.15) is 0 Å². The number of aliphatic hydroxyl groups is 1. The molecule has 2 N–H and O–H groups in total. The van der Waals surface area contributed by atoms with E-state index in [-0.39, 0.29) is 5.91 Å². The number of nitrogens with zero attached hydrogens (tertiary/aromatic N) is 1. The van der Waals surface area contributed by atoms with Crippen molar-refractivity contribution in [1.29, 1.82) is 0 Å². The van der Waals surface area contributed by atoms with Crippen LogP contribution in [0, 0.1) is 0 Å². The number of nitrogens with one attached hydrogen (secondary N) is 1. The molecule has 1 heterocycles. The van der Waals surface area contributed by atoms with E-state index in [1.165, 1.54) is 10.6 Å². The van der Waals surface area contributed by atoms with Gasteiger partial charge in [0, 0.05) is 13.6 Å². The fourth-order valence-corrected chi connectivity index (χ4v) is 1.62. The highest BCUT2D eigenvalue weighted by molar-refractivity contribution is 6.41. The van der Waals surface area contributed by atoms with E-state index in [1.54, 1.807) is 14.0 Å². The Kier molecular flexibility index (Phi) is 4.65. The van der Waals surface area contributed by atoms with Gasteiger partial charge in [0.25, 0.3) is 5.91 Å². The van der Waals surface area contributed by atoms with Crippen molar-refractivity contribution in [2.24, 2.45) is 7.05 Å². The van der Waals surface area contributed by atoms with Gasteiger partial charge in [-0.3, -0.25) is 4.79 Å². The Morgan fingerprint density at radius 1 is 1.62 bits per heavy atom. The number of aliphatic hydroxyl groups excluding tert-OH is 1. The standard InChI is InChI=1S/C10H14Cl2N2O2/c1-6(15)3-4-13-10(16)8-5-7(11)9(12)14(8)2/h5-6,15H,3-4H2,1-2H3,(H,13,16). The second-order valence-electron chi connectivity index (χ2n) is 3.62. The van der Waals surface area contributed by atoms with Crippen LogP contribution >= 0.6 is 23.2 Å². The average Bonchev–Trinajstić information content (AvgIpc) is 2.45. The highest BCUT2D eigenvalue weighted by Gasteiger charge is 2.15. The summed E-state index contributed by atoms with van der Waals surface area (Å²) in [6.07, 6.45) is 0.0818. The molecule has 0 aliphatic carbocycles. The zero-order chi connectivity index (χ0) is 12.3. The molecule has 1 amide bonds. The predicted octanol–water partition coefficient (Wildman–Crippen LogP) is 1.83. The van der Waals surface area contributed by atoms with Gasteiger partial charge in [0.1, 0.15) is 10.8 Å². The molecule has 6 heteroatoms. The topological polar surface area (TPSA) is 54.3 Å². The molecular weight excluding hydrogens is 251 g/mol. The van der Waals surface area contributed by atoms with E-state index in [9.17, 15) is 4.79 Å². The maximum absolute atomic E-state index is 11.7. The minimum Gasteiger partial charge on any atom is -0.393 e. The SMILES string of the molecule is CC(O)CCNC(=O)c1cc(Cl)c(Cl)n1C. The van der Waals surface area contributed by atoms with E-state index in [1.807, 2.05) is 0 Å². The Morgan fingerprint density at radius 2 is 2.25 bits per heavy atom. The third-order valence-electron chi connectivity index (χ3n) is 2.20. The Morgan fingerprint density at radius 3 is 2.69 bits per heavy atom. The van der Waals surface area contributed by atoms with Crippen molar-refractivity contribution in [3.63, 3.8) is 0 Å². The van der Waals surface area contributed by atoms with Gasteiger partial charge in [0.2, 0.25) is 0 Å². The molecule has 0 saturated carbocycles. The molecule has 0 bridgehead atoms. The fraction of sp³-hybridized carbons (Fsp3) is 0.500. The van der Waals surface area contributed by atoms with E-state index in [2.05, 4.69) is 5.32 Å². The summed E-state index contributed by atoms with van der Waals surface area (Å²) < 4.78 is 1.52. The van der Waals surface area contributed by atoms with Crippen LogP contribution in [0.3, 0.4) is 0 Å². The number of amides is 1. The molecule has 1 atom stereocenters. The Balaban J connectivity index is 2.63. The summed E-state index contributed by atoms with van der Waals surface area (Å²) in [5.74, 6) is -0.253. The lowest BCUT2D eigenvalue weighted by molar-refractivity contribution is 0.0937. The van der Waals surface area contributed by atoms with Crippen LogP contribution in [-0.4, -0.2) is 28.2 Å². The van der Waals surface area contributed by atoms with Crippen LogP contribution in [-0.2, 0) is 7.05 Å². The van der Waals surface area contributed by atoms with Crippen molar-refractivity contribution in [2.45, 2.75) is 19.4 Å². The Labute approximate surface area is 104 Å². The summed E-state index contributed by atoms with van der Waals surface area (Å²) in [4.78, 5) is 11.7. The third-order valence-corrected chi connectivity index (χ3v) is 3.04. The summed E-state index contributed by atoms with van der Waals surface area (Å²) in [5.41, 5.74) is 0.403. The number of hydrogen-bond acceptors (Lipinski definition) is 2. The molecule has 4 nitrogen and oxygen atoms in total. The number of carbonyl (C=O) groups excluding carboxylic acids is 1. The van der Waals surface area contributed by atoms with Crippen LogP contribution in [0.5, 0.6) is 0 Å². The zero-order valence-corrected chi connectivity index (χ0v) is 10.6. The fourth-order valence-electron chi connectivity index (χ4n) is 1.25. The number of halogens is 2. The maximum atomic E-state index is 11.7. The van der Waals surface area contributed by atoms with Gasteiger partial charge in [-0.05, 0) is 19.4 Å². The molecule has 0 fully saturated rings. The van der Waals surface area contributed by atoms with Crippen LogP contribution in [0.4, 0.5) is 0 Å². The summed E-state index contributed by atoms with van der Waals surface area (Å²) >= 11 is 11.6. The summed E-state index contributed by atoms with van der Waals surface area (Å²) in [5, 5.41) is 12.4. The first-order valence-corrected chi connectivity index (χ1v) is 5.66. The molecule has 1 unspecified atom stereocenters. The highest BCUT2D eigenvalue weighted by atomic mass is 35.5.